The van der Waals surface area contributed by atoms with Crippen molar-refractivity contribution in [3.63, 3.8) is 0 Å². The maximum atomic E-state index is 11.4. The fourth-order valence-electron chi connectivity index (χ4n) is 1.43. The average molecular weight is 248 g/mol. The smallest absolute Gasteiger partial charge is 0.337 e. The Morgan fingerprint density at radius 1 is 1.22 bits per heavy atom. The van der Waals surface area contributed by atoms with Crippen LogP contribution in [0, 0.1) is 6.92 Å². The molecule has 4 heteroatoms. The lowest BCUT2D eigenvalue weighted by molar-refractivity contribution is -0.139. The van der Waals surface area contributed by atoms with Crippen LogP contribution in [0.1, 0.15) is 27.9 Å². The Morgan fingerprint density at radius 3 is 2.56 bits per heavy atom. The molecular formula is C14H16O4. The molecule has 0 bridgehead atoms. The molecule has 4 nitrogen and oxygen atoms in total. The van der Waals surface area contributed by atoms with Crippen LogP contribution < -0.4 is 0 Å². The molecule has 0 fully saturated rings. The van der Waals surface area contributed by atoms with Crippen molar-refractivity contribution < 1.29 is 19.1 Å². The summed E-state index contributed by atoms with van der Waals surface area (Å²) < 4.78 is 9.19. The van der Waals surface area contributed by atoms with Gasteiger partial charge in [0.1, 0.15) is 0 Å². The zero-order valence-electron chi connectivity index (χ0n) is 10.7. The molecule has 0 atom stereocenters. The molecule has 18 heavy (non-hydrogen) atoms. The van der Waals surface area contributed by atoms with E-state index in [1.807, 2.05) is 13.0 Å². The maximum Gasteiger partial charge on any atom is 0.337 e. The Morgan fingerprint density at radius 2 is 1.94 bits per heavy atom. The third-order valence-corrected chi connectivity index (χ3v) is 2.51. The fraction of sp³-hybridized carbons (Fsp3) is 0.286. The molecule has 0 N–H and O–H groups in total. The lowest BCUT2D eigenvalue weighted by Gasteiger charge is -2.04. The van der Waals surface area contributed by atoms with Gasteiger partial charge < -0.3 is 9.47 Å². The topological polar surface area (TPSA) is 52.6 Å². The number of hydrogen-bond acceptors (Lipinski definition) is 4. The van der Waals surface area contributed by atoms with E-state index in [2.05, 4.69) is 9.47 Å². The quantitative estimate of drug-likeness (QED) is 0.767. The highest BCUT2D eigenvalue weighted by Gasteiger charge is 2.06. The molecule has 1 aromatic carbocycles. The van der Waals surface area contributed by atoms with Crippen LogP contribution in [0.15, 0.2) is 24.3 Å². The molecule has 0 aromatic heterocycles. The molecule has 0 heterocycles. The summed E-state index contributed by atoms with van der Waals surface area (Å²) in [6.07, 6.45) is 3.70. The standard InChI is InChI=1S/C14H16O4/c1-10-7-8-12(14(16)18-3)9-11(10)5-4-6-13(15)17-2/h4-5,7-9H,6H2,1-3H3. The average Bonchev–Trinajstić information content (AvgIpc) is 2.39. The highest BCUT2D eigenvalue weighted by atomic mass is 16.5. The highest BCUT2D eigenvalue weighted by molar-refractivity contribution is 5.90. The summed E-state index contributed by atoms with van der Waals surface area (Å²) in [5.41, 5.74) is 2.38. The summed E-state index contributed by atoms with van der Waals surface area (Å²) in [5.74, 6) is -0.675. The molecule has 1 rings (SSSR count). The Hall–Kier alpha value is -2.10. The first-order valence-electron chi connectivity index (χ1n) is 5.50. The van der Waals surface area contributed by atoms with E-state index in [0.29, 0.717) is 5.56 Å². The summed E-state index contributed by atoms with van der Waals surface area (Å²) in [6, 6.07) is 5.28. The zero-order chi connectivity index (χ0) is 13.5. The Balaban J connectivity index is 2.87. The SMILES string of the molecule is COC(=O)CC=Cc1cc(C(=O)OC)ccc1C. The van der Waals surface area contributed by atoms with Gasteiger partial charge in [0, 0.05) is 0 Å². The number of rotatable bonds is 4. The lowest BCUT2D eigenvalue weighted by atomic mass is 10.0. The van der Waals surface area contributed by atoms with Crippen LogP contribution in [-0.4, -0.2) is 26.2 Å². The number of carbonyl (C=O) groups excluding carboxylic acids is 2. The van der Waals surface area contributed by atoms with E-state index in [0.717, 1.165) is 11.1 Å². The van der Waals surface area contributed by atoms with E-state index in [1.165, 1.54) is 14.2 Å². The lowest BCUT2D eigenvalue weighted by Crippen LogP contribution is -2.01. The van der Waals surface area contributed by atoms with Gasteiger partial charge in [-0.1, -0.05) is 18.2 Å². The van der Waals surface area contributed by atoms with Crippen LogP contribution in [0.25, 0.3) is 6.08 Å². The minimum Gasteiger partial charge on any atom is -0.469 e. The normalized spacial score (nSPS) is 10.4. The first-order chi connectivity index (χ1) is 8.58. The predicted molar refractivity (Wildman–Crippen MR) is 68.2 cm³/mol. The van der Waals surface area contributed by atoms with Gasteiger partial charge in [-0.05, 0) is 30.2 Å². The van der Waals surface area contributed by atoms with E-state index in [-0.39, 0.29) is 18.4 Å². The van der Waals surface area contributed by atoms with Crippen LogP contribution in [-0.2, 0) is 14.3 Å². The number of hydrogen-bond donors (Lipinski definition) is 0. The van der Waals surface area contributed by atoms with Gasteiger partial charge in [-0.3, -0.25) is 4.79 Å². The molecular weight excluding hydrogens is 232 g/mol. The van der Waals surface area contributed by atoms with Gasteiger partial charge in [-0.15, -0.1) is 0 Å². The van der Waals surface area contributed by atoms with Crippen molar-refractivity contribution in [3.8, 4) is 0 Å². The van der Waals surface area contributed by atoms with Gasteiger partial charge >= 0.3 is 11.9 Å². The number of benzene rings is 1. The van der Waals surface area contributed by atoms with Crippen molar-refractivity contribution in [1.82, 2.24) is 0 Å². The van der Waals surface area contributed by atoms with E-state index in [1.54, 1.807) is 24.3 Å². The minimum atomic E-state index is -0.377. The second-order valence-electron chi connectivity index (χ2n) is 3.75. The molecule has 0 amide bonds. The Kier molecular flexibility index (Phi) is 5.11. The number of ether oxygens (including phenoxy) is 2. The first-order valence-corrected chi connectivity index (χ1v) is 5.50. The van der Waals surface area contributed by atoms with Gasteiger partial charge in [-0.2, -0.15) is 0 Å². The minimum absolute atomic E-state index is 0.207. The molecule has 0 aliphatic heterocycles. The molecule has 0 spiro atoms. The molecule has 0 saturated carbocycles. The summed E-state index contributed by atoms with van der Waals surface area (Å²) in [5, 5.41) is 0. The fourth-order valence-corrected chi connectivity index (χ4v) is 1.43. The largest absolute Gasteiger partial charge is 0.469 e. The van der Waals surface area contributed by atoms with Crippen molar-refractivity contribution in [2.45, 2.75) is 13.3 Å². The second kappa shape index (κ2) is 6.59. The van der Waals surface area contributed by atoms with Crippen molar-refractivity contribution in [3.05, 3.63) is 41.0 Å². The zero-order valence-corrected chi connectivity index (χ0v) is 10.7. The Bertz CT molecular complexity index is 475. The van der Waals surface area contributed by atoms with Gasteiger partial charge in [0.15, 0.2) is 0 Å². The molecule has 0 aliphatic carbocycles. The predicted octanol–water partition coefficient (Wildman–Crippen LogP) is 2.36. The van der Waals surface area contributed by atoms with Crippen molar-refractivity contribution in [1.29, 1.82) is 0 Å². The summed E-state index contributed by atoms with van der Waals surface area (Å²) >= 11 is 0. The van der Waals surface area contributed by atoms with Crippen molar-refractivity contribution in [2.75, 3.05) is 14.2 Å². The number of aryl methyl sites for hydroxylation is 1. The third-order valence-electron chi connectivity index (χ3n) is 2.51. The summed E-state index contributed by atoms with van der Waals surface area (Å²) in [6.45, 7) is 1.93. The van der Waals surface area contributed by atoms with Crippen LogP contribution in [0.3, 0.4) is 0 Å². The van der Waals surface area contributed by atoms with E-state index in [4.69, 9.17) is 0 Å². The van der Waals surface area contributed by atoms with Gasteiger partial charge in [0.25, 0.3) is 0 Å². The molecule has 1 aromatic rings. The maximum absolute atomic E-state index is 11.4. The summed E-state index contributed by atoms with van der Waals surface area (Å²) in [4.78, 5) is 22.3. The molecule has 0 radical (unpaired) electrons. The van der Waals surface area contributed by atoms with E-state index >= 15 is 0 Å². The monoisotopic (exact) mass is 248 g/mol. The molecule has 0 aliphatic rings. The molecule has 96 valence electrons. The summed E-state index contributed by atoms with van der Waals surface area (Å²) in [7, 11) is 2.69. The van der Waals surface area contributed by atoms with Crippen LogP contribution in [0.5, 0.6) is 0 Å². The number of methoxy groups -OCH3 is 2. The van der Waals surface area contributed by atoms with E-state index in [9.17, 15) is 9.59 Å². The van der Waals surface area contributed by atoms with Gasteiger partial charge in [-0.25, -0.2) is 4.79 Å². The highest BCUT2D eigenvalue weighted by Crippen LogP contribution is 2.14. The van der Waals surface area contributed by atoms with Crippen molar-refractivity contribution >= 4 is 18.0 Å². The number of esters is 2. The third kappa shape index (κ3) is 3.73. The first kappa shape index (κ1) is 14.0. The van der Waals surface area contributed by atoms with Gasteiger partial charge in [0.2, 0.25) is 0 Å². The van der Waals surface area contributed by atoms with E-state index < -0.39 is 0 Å². The van der Waals surface area contributed by atoms with Crippen LogP contribution in [0.2, 0.25) is 0 Å². The van der Waals surface area contributed by atoms with Crippen LogP contribution in [0.4, 0.5) is 0 Å². The molecule has 0 saturated heterocycles. The van der Waals surface area contributed by atoms with Crippen LogP contribution >= 0.6 is 0 Å². The molecule has 0 unspecified atom stereocenters. The second-order valence-corrected chi connectivity index (χ2v) is 3.75. The number of carbonyl (C=O) groups is 2. The van der Waals surface area contributed by atoms with Gasteiger partial charge in [0.05, 0.1) is 26.2 Å². The van der Waals surface area contributed by atoms with Crippen molar-refractivity contribution in [2.24, 2.45) is 0 Å². The Labute approximate surface area is 106 Å².